The zero-order valence-corrected chi connectivity index (χ0v) is 12.4. The Kier molecular flexibility index (Phi) is 5.70. The summed E-state index contributed by atoms with van der Waals surface area (Å²) in [5.74, 6) is 1.34. The molecule has 4 heteroatoms. The first kappa shape index (κ1) is 14.4. The molecule has 3 nitrogen and oxygen atoms in total. The Morgan fingerprint density at radius 1 is 1.37 bits per heavy atom. The molecule has 2 rings (SSSR count). The van der Waals surface area contributed by atoms with Gasteiger partial charge in [-0.2, -0.15) is 0 Å². The number of unbranched alkanes of at least 4 members (excludes halogenated alkanes) is 3. The number of aromatic nitrogens is 1. The number of carbonyl (C=O) groups is 1. The Morgan fingerprint density at radius 3 is 2.89 bits per heavy atom. The molecule has 1 fully saturated rings. The Hall–Kier alpha value is -1.03. The predicted octanol–water partition coefficient (Wildman–Crippen LogP) is 3.63. The van der Waals surface area contributed by atoms with E-state index in [1.165, 1.54) is 24.8 Å². The van der Waals surface area contributed by atoms with Crippen molar-refractivity contribution >= 4 is 17.7 Å². The first-order valence-corrected chi connectivity index (χ1v) is 8.19. The highest BCUT2D eigenvalue weighted by atomic mass is 32.2. The molecule has 1 aliphatic rings. The Labute approximate surface area is 119 Å². The van der Waals surface area contributed by atoms with E-state index in [0.717, 1.165) is 18.7 Å². The molecule has 0 saturated carbocycles. The lowest BCUT2D eigenvalue weighted by atomic mass is 10.1. The highest BCUT2D eigenvalue weighted by Crippen LogP contribution is 2.37. The quantitative estimate of drug-likeness (QED) is 0.745. The highest BCUT2D eigenvalue weighted by molar-refractivity contribution is 7.99. The molecule has 2 heterocycles. The van der Waals surface area contributed by atoms with Crippen LogP contribution >= 0.6 is 11.8 Å². The van der Waals surface area contributed by atoms with Gasteiger partial charge in [0.1, 0.15) is 5.37 Å². The summed E-state index contributed by atoms with van der Waals surface area (Å²) in [5, 5.41) is 0.196. The molecule has 104 valence electrons. The maximum atomic E-state index is 12.3. The average molecular weight is 278 g/mol. The molecule has 1 aromatic rings. The van der Waals surface area contributed by atoms with E-state index in [-0.39, 0.29) is 5.37 Å². The van der Waals surface area contributed by atoms with Crippen LogP contribution in [0, 0.1) is 0 Å². The minimum atomic E-state index is 0.196. The largest absolute Gasteiger partial charge is 0.326 e. The summed E-state index contributed by atoms with van der Waals surface area (Å²) < 4.78 is 0. The molecule has 19 heavy (non-hydrogen) atoms. The smallest absolute Gasteiger partial charge is 0.223 e. The van der Waals surface area contributed by atoms with Crippen LogP contribution in [0.4, 0.5) is 0 Å². The summed E-state index contributed by atoms with van der Waals surface area (Å²) in [5.41, 5.74) is 1.19. The van der Waals surface area contributed by atoms with Crippen LogP contribution in [0.5, 0.6) is 0 Å². The molecule has 0 aromatic carbocycles. The van der Waals surface area contributed by atoms with Gasteiger partial charge in [-0.1, -0.05) is 26.2 Å². The molecular formula is C15H22N2OS. The number of nitrogens with zero attached hydrogens (tertiary/aromatic N) is 2. The van der Waals surface area contributed by atoms with Gasteiger partial charge in [-0.05, 0) is 24.1 Å². The number of rotatable bonds is 6. The van der Waals surface area contributed by atoms with E-state index < -0.39 is 0 Å². The Balaban J connectivity index is 1.90. The second kappa shape index (κ2) is 7.53. The lowest BCUT2D eigenvalue weighted by molar-refractivity contribution is -0.131. The van der Waals surface area contributed by atoms with E-state index >= 15 is 0 Å². The third-order valence-electron chi connectivity index (χ3n) is 3.45. The topological polar surface area (TPSA) is 33.2 Å². The lowest BCUT2D eigenvalue weighted by Gasteiger charge is -2.24. The first-order chi connectivity index (χ1) is 9.33. The summed E-state index contributed by atoms with van der Waals surface area (Å²) >= 11 is 1.85. The molecule has 1 amide bonds. The minimum absolute atomic E-state index is 0.196. The molecule has 0 aliphatic carbocycles. The SMILES string of the molecule is CCCCCCC(=O)N1CCSC1c1ccncc1. The van der Waals surface area contributed by atoms with Gasteiger partial charge in [0, 0.05) is 31.1 Å². The summed E-state index contributed by atoms with van der Waals surface area (Å²) in [6, 6.07) is 4.03. The molecule has 1 saturated heterocycles. The molecule has 0 spiro atoms. The van der Waals surface area contributed by atoms with Gasteiger partial charge < -0.3 is 4.90 Å². The second-order valence-corrected chi connectivity index (χ2v) is 6.09. The summed E-state index contributed by atoms with van der Waals surface area (Å²) in [6.07, 6.45) is 8.95. The van der Waals surface area contributed by atoms with Crippen molar-refractivity contribution in [3.8, 4) is 0 Å². The second-order valence-electron chi connectivity index (χ2n) is 4.90. The number of hydrogen-bond acceptors (Lipinski definition) is 3. The summed E-state index contributed by atoms with van der Waals surface area (Å²) in [4.78, 5) is 18.4. The maximum absolute atomic E-state index is 12.3. The number of hydrogen-bond donors (Lipinski definition) is 0. The molecular weight excluding hydrogens is 256 g/mol. The van der Waals surface area contributed by atoms with Crippen LogP contribution in [0.3, 0.4) is 0 Å². The fourth-order valence-corrected chi connectivity index (χ4v) is 3.65. The van der Waals surface area contributed by atoms with Crippen molar-refractivity contribution in [3.05, 3.63) is 30.1 Å². The van der Waals surface area contributed by atoms with Crippen LogP contribution in [0.25, 0.3) is 0 Å². The van der Waals surface area contributed by atoms with E-state index in [4.69, 9.17) is 0 Å². The molecule has 0 radical (unpaired) electrons. The number of pyridine rings is 1. The fourth-order valence-electron chi connectivity index (χ4n) is 2.38. The van der Waals surface area contributed by atoms with Gasteiger partial charge in [-0.3, -0.25) is 9.78 Å². The van der Waals surface area contributed by atoms with Gasteiger partial charge in [-0.15, -0.1) is 11.8 Å². The summed E-state index contributed by atoms with van der Waals surface area (Å²) in [7, 11) is 0. The zero-order valence-electron chi connectivity index (χ0n) is 11.5. The van der Waals surface area contributed by atoms with Gasteiger partial charge in [0.25, 0.3) is 0 Å². The standard InChI is InChI=1S/C15H22N2OS/c1-2-3-4-5-6-14(18)17-11-12-19-15(17)13-7-9-16-10-8-13/h7-10,15H,2-6,11-12H2,1H3. The van der Waals surface area contributed by atoms with Gasteiger partial charge in [0.2, 0.25) is 5.91 Å². The molecule has 1 aromatic heterocycles. The van der Waals surface area contributed by atoms with Gasteiger partial charge in [-0.25, -0.2) is 0 Å². The van der Waals surface area contributed by atoms with Crippen LogP contribution in [-0.4, -0.2) is 28.1 Å². The molecule has 0 N–H and O–H groups in total. The Bertz CT molecular complexity index is 396. The zero-order chi connectivity index (χ0) is 13.5. The predicted molar refractivity (Wildman–Crippen MR) is 79.9 cm³/mol. The van der Waals surface area contributed by atoms with Crippen LogP contribution in [-0.2, 0) is 4.79 Å². The van der Waals surface area contributed by atoms with Crippen molar-refractivity contribution in [1.29, 1.82) is 0 Å². The third-order valence-corrected chi connectivity index (χ3v) is 4.71. The summed E-state index contributed by atoms with van der Waals surface area (Å²) in [6.45, 7) is 3.07. The van der Waals surface area contributed by atoms with Crippen molar-refractivity contribution in [2.75, 3.05) is 12.3 Å². The van der Waals surface area contributed by atoms with Crippen LogP contribution < -0.4 is 0 Å². The number of carbonyl (C=O) groups excluding carboxylic acids is 1. The molecule has 0 bridgehead atoms. The van der Waals surface area contributed by atoms with E-state index in [1.54, 1.807) is 12.4 Å². The van der Waals surface area contributed by atoms with Gasteiger partial charge in [0.15, 0.2) is 0 Å². The van der Waals surface area contributed by atoms with Crippen molar-refractivity contribution in [2.45, 2.75) is 44.4 Å². The van der Waals surface area contributed by atoms with Gasteiger partial charge in [0.05, 0.1) is 0 Å². The van der Waals surface area contributed by atoms with Crippen molar-refractivity contribution in [1.82, 2.24) is 9.88 Å². The maximum Gasteiger partial charge on any atom is 0.223 e. The average Bonchev–Trinajstić information content (AvgIpc) is 2.94. The van der Waals surface area contributed by atoms with Crippen LogP contribution in [0.2, 0.25) is 0 Å². The van der Waals surface area contributed by atoms with Crippen LogP contribution in [0.1, 0.15) is 50.0 Å². The van der Waals surface area contributed by atoms with Gasteiger partial charge >= 0.3 is 0 Å². The van der Waals surface area contributed by atoms with Crippen LogP contribution in [0.15, 0.2) is 24.5 Å². The highest BCUT2D eigenvalue weighted by Gasteiger charge is 2.29. The minimum Gasteiger partial charge on any atom is -0.326 e. The van der Waals surface area contributed by atoms with Crippen molar-refractivity contribution in [2.24, 2.45) is 0 Å². The van der Waals surface area contributed by atoms with E-state index in [2.05, 4.69) is 11.9 Å². The molecule has 1 aliphatic heterocycles. The first-order valence-electron chi connectivity index (χ1n) is 7.14. The monoisotopic (exact) mass is 278 g/mol. The van der Waals surface area contributed by atoms with E-state index in [1.807, 2.05) is 28.8 Å². The molecule has 1 unspecified atom stereocenters. The normalized spacial score (nSPS) is 18.8. The fraction of sp³-hybridized carbons (Fsp3) is 0.600. The third kappa shape index (κ3) is 3.96. The van der Waals surface area contributed by atoms with E-state index in [9.17, 15) is 4.79 Å². The number of amides is 1. The Morgan fingerprint density at radius 2 is 2.16 bits per heavy atom. The van der Waals surface area contributed by atoms with E-state index in [0.29, 0.717) is 12.3 Å². The number of thioether (sulfide) groups is 1. The van der Waals surface area contributed by atoms with Crippen molar-refractivity contribution < 1.29 is 4.79 Å². The lowest BCUT2D eigenvalue weighted by Crippen LogP contribution is -2.30. The molecule has 1 atom stereocenters. The van der Waals surface area contributed by atoms with Crippen molar-refractivity contribution in [3.63, 3.8) is 0 Å².